The maximum atomic E-state index is 12.6. The summed E-state index contributed by atoms with van der Waals surface area (Å²) in [6.45, 7) is 5.77. The highest BCUT2D eigenvalue weighted by molar-refractivity contribution is 6.30. The first-order valence-corrected chi connectivity index (χ1v) is 10.8. The van der Waals surface area contributed by atoms with Crippen LogP contribution in [0.1, 0.15) is 37.1 Å². The quantitative estimate of drug-likeness (QED) is 0.774. The lowest BCUT2D eigenvalue weighted by Crippen LogP contribution is -2.44. The van der Waals surface area contributed by atoms with Gasteiger partial charge in [0.15, 0.2) is 0 Å². The van der Waals surface area contributed by atoms with Gasteiger partial charge in [0.2, 0.25) is 11.8 Å². The molecule has 2 fully saturated rings. The Kier molecular flexibility index (Phi) is 6.53. The smallest absolute Gasteiger partial charge is 0.226 e. The predicted molar refractivity (Wildman–Crippen MR) is 112 cm³/mol. The van der Waals surface area contributed by atoms with Crippen molar-refractivity contribution < 1.29 is 13.9 Å². The van der Waals surface area contributed by atoms with Crippen LogP contribution >= 0.6 is 11.6 Å². The van der Waals surface area contributed by atoms with E-state index in [1.807, 2.05) is 31.2 Å². The molecule has 0 saturated carbocycles. The monoisotopic (exact) mass is 417 g/mol. The SMILES string of the molecule is Cc1oc(-c2cccc(Cl)c2)nc1CN1CCCC(C(=O)NCC2CCCO2)C1. The first kappa shape index (κ1) is 20.4. The van der Waals surface area contributed by atoms with Crippen LogP contribution in [0, 0.1) is 12.8 Å². The highest BCUT2D eigenvalue weighted by Crippen LogP contribution is 2.26. The zero-order valence-electron chi connectivity index (χ0n) is 16.8. The summed E-state index contributed by atoms with van der Waals surface area (Å²) in [4.78, 5) is 19.6. The number of rotatable bonds is 6. The van der Waals surface area contributed by atoms with E-state index in [9.17, 15) is 4.79 Å². The van der Waals surface area contributed by atoms with Crippen molar-refractivity contribution in [2.45, 2.75) is 45.3 Å². The van der Waals surface area contributed by atoms with E-state index in [0.29, 0.717) is 24.0 Å². The van der Waals surface area contributed by atoms with Gasteiger partial charge >= 0.3 is 0 Å². The van der Waals surface area contributed by atoms with Crippen molar-refractivity contribution >= 4 is 17.5 Å². The number of carbonyl (C=O) groups excluding carboxylic acids is 1. The number of carbonyl (C=O) groups is 1. The lowest BCUT2D eigenvalue weighted by molar-refractivity contribution is -0.127. The third-order valence-electron chi connectivity index (χ3n) is 5.74. The third kappa shape index (κ3) is 5.18. The van der Waals surface area contributed by atoms with E-state index in [4.69, 9.17) is 20.8 Å². The van der Waals surface area contributed by atoms with E-state index < -0.39 is 0 Å². The van der Waals surface area contributed by atoms with Gasteiger partial charge in [-0.05, 0) is 57.4 Å². The zero-order valence-corrected chi connectivity index (χ0v) is 17.6. The first-order chi connectivity index (χ1) is 14.1. The second-order valence-electron chi connectivity index (χ2n) is 7.99. The highest BCUT2D eigenvalue weighted by Gasteiger charge is 2.27. The van der Waals surface area contributed by atoms with Crippen LogP contribution in [-0.4, -0.2) is 48.1 Å². The van der Waals surface area contributed by atoms with Crippen LogP contribution in [0.15, 0.2) is 28.7 Å². The van der Waals surface area contributed by atoms with Crippen molar-refractivity contribution in [1.82, 2.24) is 15.2 Å². The van der Waals surface area contributed by atoms with Crippen molar-refractivity contribution in [1.29, 1.82) is 0 Å². The fourth-order valence-corrected chi connectivity index (χ4v) is 4.30. The highest BCUT2D eigenvalue weighted by atomic mass is 35.5. The van der Waals surface area contributed by atoms with Crippen LogP contribution in [0.3, 0.4) is 0 Å². The molecule has 2 aliphatic heterocycles. The molecule has 4 rings (SSSR count). The van der Waals surface area contributed by atoms with Gasteiger partial charge in [-0.25, -0.2) is 4.98 Å². The summed E-state index contributed by atoms with van der Waals surface area (Å²) in [7, 11) is 0. The Morgan fingerprint density at radius 2 is 2.24 bits per heavy atom. The number of nitrogens with zero attached hydrogens (tertiary/aromatic N) is 2. The number of likely N-dealkylation sites (tertiary alicyclic amines) is 1. The molecule has 1 amide bonds. The number of nitrogens with one attached hydrogen (secondary N) is 1. The second-order valence-corrected chi connectivity index (χ2v) is 8.42. The Morgan fingerprint density at radius 1 is 1.34 bits per heavy atom. The molecule has 2 aliphatic rings. The van der Waals surface area contributed by atoms with E-state index in [-0.39, 0.29) is 17.9 Å². The summed E-state index contributed by atoms with van der Waals surface area (Å²) in [5.74, 6) is 1.55. The number of halogens is 1. The maximum absolute atomic E-state index is 12.6. The van der Waals surface area contributed by atoms with E-state index in [0.717, 1.165) is 62.4 Å². The molecule has 156 valence electrons. The number of benzene rings is 1. The minimum Gasteiger partial charge on any atom is -0.441 e. The summed E-state index contributed by atoms with van der Waals surface area (Å²) in [6.07, 6.45) is 4.25. The lowest BCUT2D eigenvalue weighted by Gasteiger charge is -2.31. The summed E-state index contributed by atoms with van der Waals surface area (Å²) in [5, 5.41) is 3.74. The van der Waals surface area contributed by atoms with E-state index in [1.54, 1.807) is 0 Å². The molecular formula is C22H28ClN3O3. The van der Waals surface area contributed by atoms with Gasteiger partial charge in [-0.15, -0.1) is 0 Å². The molecular weight excluding hydrogens is 390 g/mol. The van der Waals surface area contributed by atoms with Gasteiger partial charge in [-0.2, -0.15) is 0 Å². The van der Waals surface area contributed by atoms with Gasteiger partial charge in [0.05, 0.1) is 17.7 Å². The number of ether oxygens (including phenoxy) is 1. The zero-order chi connectivity index (χ0) is 20.2. The molecule has 1 N–H and O–H groups in total. The molecule has 2 unspecified atom stereocenters. The maximum Gasteiger partial charge on any atom is 0.226 e. The average molecular weight is 418 g/mol. The minimum absolute atomic E-state index is 0.0183. The molecule has 0 bridgehead atoms. The number of hydrogen-bond acceptors (Lipinski definition) is 5. The van der Waals surface area contributed by atoms with Crippen molar-refractivity contribution in [3.05, 3.63) is 40.7 Å². The van der Waals surface area contributed by atoms with E-state index in [2.05, 4.69) is 15.2 Å². The Balaban J connectivity index is 1.35. The lowest BCUT2D eigenvalue weighted by atomic mass is 9.97. The first-order valence-electron chi connectivity index (χ1n) is 10.4. The van der Waals surface area contributed by atoms with Gasteiger partial charge in [0.1, 0.15) is 5.76 Å². The Hall–Kier alpha value is -1.89. The molecule has 1 aromatic carbocycles. The minimum atomic E-state index is 0.0183. The van der Waals surface area contributed by atoms with Gasteiger partial charge < -0.3 is 14.5 Å². The molecule has 1 aromatic heterocycles. The van der Waals surface area contributed by atoms with Crippen LogP contribution in [0.5, 0.6) is 0 Å². The Bertz CT molecular complexity index is 848. The number of aryl methyl sites for hydroxylation is 1. The summed E-state index contributed by atoms with van der Waals surface area (Å²) < 4.78 is 11.5. The van der Waals surface area contributed by atoms with Gasteiger partial charge in [-0.1, -0.05) is 17.7 Å². The standard InChI is InChI=1S/C22H28ClN3O3/c1-15-20(25-22(29-15)16-5-2-7-18(23)11-16)14-26-9-3-6-17(13-26)21(27)24-12-19-8-4-10-28-19/h2,5,7,11,17,19H,3-4,6,8-10,12-14H2,1H3,(H,24,27). The topological polar surface area (TPSA) is 67.6 Å². The molecule has 2 atom stereocenters. The fraction of sp³-hybridized carbons (Fsp3) is 0.545. The number of amides is 1. The summed E-state index contributed by atoms with van der Waals surface area (Å²) >= 11 is 6.09. The molecule has 0 radical (unpaired) electrons. The van der Waals surface area contributed by atoms with Crippen molar-refractivity contribution in [2.75, 3.05) is 26.2 Å². The predicted octanol–water partition coefficient (Wildman–Crippen LogP) is 3.81. The largest absolute Gasteiger partial charge is 0.441 e. The molecule has 0 aliphatic carbocycles. The van der Waals surface area contributed by atoms with Crippen LogP contribution < -0.4 is 5.32 Å². The molecule has 2 saturated heterocycles. The summed E-state index contributed by atoms with van der Waals surface area (Å²) in [5.41, 5.74) is 1.79. The van der Waals surface area contributed by atoms with Gasteiger partial charge in [0.25, 0.3) is 0 Å². The van der Waals surface area contributed by atoms with Crippen LogP contribution in [0.2, 0.25) is 5.02 Å². The fourth-order valence-electron chi connectivity index (χ4n) is 4.11. The normalized spacial score (nSPS) is 22.7. The van der Waals surface area contributed by atoms with Gasteiger partial charge in [0, 0.05) is 36.8 Å². The second kappa shape index (κ2) is 9.28. The van der Waals surface area contributed by atoms with Crippen LogP contribution in [-0.2, 0) is 16.1 Å². The summed E-state index contributed by atoms with van der Waals surface area (Å²) in [6, 6.07) is 7.52. The molecule has 7 heteroatoms. The average Bonchev–Trinajstić information content (AvgIpc) is 3.36. The third-order valence-corrected chi connectivity index (χ3v) is 5.98. The van der Waals surface area contributed by atoms with Gasteiger partial charge in [-0.3, -0.25) is 9.69 Å². The molecule has 2 aromatic rings. The molecule has 29 heavy (non-hydrogen) atoms. The Morgan fingerprint density at radius 3 is 3.03 bits per heavy atom. The molecule has 6 nitrogen and oxygen atoms in total. The number of oxazole rings is 1. The van der Waals surface area contributed by atoms with Crippen LogP contribution in [0.4, 0.5) is 0 Å². The van der Waals surface area contributed by atoms with E-state index >= 15 is 0 Å². The molecule has 0 spiro atoms. The number of hydrogen-bond donors (Lipinski definition) is 1. The van der Waals surface area contributed by atoms with Crippen molar-refractivity contribution in [3.63, 3.8) is 0 Å². The Labute approximate surface area is 176 Å². The van der Waals surface area contributed by atoms with Crippen LogP contribution in [0.25, 0.3) is 11.5 Å². The van der Waals surface area contributed by atoms with Crippen molar-refractivity contribution in [3.8, 4) is 11.5 Å². The molecule has 3 heterocycles. The number of piperidine rings is 1. The number of aromatic nitrogens is 1. The van der Waals surface area contributed by atoms with E-state index in [1.165, 1.54) is 0 Å². The van der Waals surface area contributed by atoms with Crippen molar-refractivity contribution in [2.24, 2.45) is 5.92 Å².